The minimum absolute atomic E-state index is 0.0730. The van der Waals surface area contributed by atoms with E-state index in [2.05, 4.69) is 10.6 Å². The number of nitrogens with zero attached hydrogens (tertiary/aromatic N) is 1. The molecule has 1 saturated carbocycles. The van der Waals surface area contributed by atoms with E-state index < -0.39 is 5.82 Å². The van der Waals surface area contributed by atoms with Crippen molar-refractivity contribution in [3.63, 3.8) is 0 Å². The maximum absolute atomic E-state index is 13.5. The molecule has 1 aliphatic carbocycles. The molecule has 2 aliphatic rings. The van der Waals surface area contributed by atoms with E-state index >= 15 is 0 Å². The van der Waals surface area contributed by atoms with E-state index in [0.717, 1.165) is 19.3 Å². The molecule has 0 radical (unpaired) electrons. The molecule has 22 heavy (non-hydrogen) atoms. The first kappa shape index (κ1) is 14.8. The van der Waals surface area contributed by atoms with Crippen LogP contribution in [0, 0.1) is 11.7 Å². The number of anilines is 1. The molecule has 6 heteroatoms. The summed E-state index contributed by atoms with van der Waals surface area (Å²) in [4.78, 5) is 25.6. The van der Waals surface area contributed by atoms with Gasteiger partial charge < -0.3 is 15.5 Å². The number of hydrogen-bond donors (Lipinski definition) is 2. The van der Waals surface area contributed by atoms with Gasteiger partial charge in [-0.3, -0.25) is 4.79 Å². The first-order valence-electron chi connectivity index (χ1n) is 7.71. The van der Waals surface area contributed by atoms with Gasteiger partial charge in [0.15, 0.2) is 0 Å². The second kappa shape index (κ2) is 6.34. The largest absolute Gasteiger partial charge is 0.353 e. The van der Waals surface area contributed by atoms with Crippen molar-refractivity contribution in [1.29, 1.82) is 0 Å². The predicted octanol–water partition coefficient (Wildman–Crippen LogP) is 2.35. The minimum atomic E-state index is -0.449. The van der Waals surface area contributed by atoms with E-state index in [-0.39, 0.29) is 23.5 Å². The van der Waals surface area contributed by atoms with Crippen LogP contribution in [-0.4, -0.2) is 36.0 Å². The van der Waals surface area contributed by atoms with Gasteiger partial charge in [0, 0.05) is 25.6 Å². The number of halogens is 1. The lowest BCUT2D eigenvalue weighted by Gasteiger charge is -2.17. The number of para-hydroxylation sites is 1. The molecule has 5 nitrogen and oxygen atoms in total. The Morgan fingerprint density at radius 3 is 2.73 bits per heavy atom. The quantitative estimate of drug-likeness (QED) is 0.897. The Morgan fingerprint density at radius 1 is 1.23 bits per heavy atom. The third kappa shape index (κ3) is 3.75. The lowest BCUT2D eigenvalue weighted by Crippen LogP contribution is -2.34. The molecule has 1 unspecified atom stereocenters. The smallest absolute Gasteiger partial charge is 0.321 e. The van der Waals surface area contributed by atoms with Crippen LogP contribution in [0.4, 0.5) is 14.9 Å². The fourth-order valence-corrected chi connectivity index (χ4v) is 2.72. The summed E-state index contributed by atoms with van der Waals surface area (Å²) in [6.45, 7) is 1.14. The lowest BCUT2D eigenvalue weighted by atomic mass is 10.0. The zero-order valence-electron chi connectivity index (χ0n) is 12.3. The molecular weight excluding hydrogens is 285 g/mol. The van der Waals surface area contributed by atoms with Crippen molar-refractivity contribution in [2.24, 2.45) is 5.92 Å². The van der Waals surface area contributed by atoms with Crippen LogP contribution in [0.3, 0.4) is 0 Å². The van der Waals surface area contributed by atoms with Gasteiger partial charge in [-0.25, -0.2) is 9.18 Å². The maximum Gasteiger partial charge on any atom is 0.321 e. The molecule has 1 aliphatic heterocycles. The Hall–Kier alpha value is -2.11. The van der Waals surface area contributed by atoms with Gasteiger partial charge in [0.1, 0.15) is 5.82 Å². The summed E-state index contributed by atoms with van der Waals surface area (Å²) in [7, 11) is 0. The van der Waals surface area contributed by atoms with Gasteiger partial charge in [0.05, 0.1) is 5.69 Å². The van der Waals surface area contributed by atoms with Gasteiger partial charge in [-0.2, -0.15) is 0 Å². The molecule has 1 heterocycles. The van der Waals surface area contributed by atoms with Crippen molar-refractivity contribution in [2.75, 3.05) is 18.4 Å². The number of rotatable bonds is 4. The van der Waals surface area contributed by atoms with Gasteiger partial charge in [-0.1, -0.05) is 12.1 Å². The van der Waals surface area contributed by atoms with Crippen LogP contribution < -0.4 is 10.6 Å². The number of nitrogens with one attached hydrogen (secondary N) is 2. The molecular formula is C16H20FN3O2. The topological polar surface area (TPSA) is 61.4 Å². The molecule has 118 valence electrons. The molecule has 1 saturated heterocycles. The van der Waals surface area contributed by atoms with Crippen LogP contribution >= 0.6 is 0 Å². The van der Waals surface area contributed by atoms with Gasteiger partial charge in [-0.05, 0) is 37.3 Å². The SMILES string of the molecule is O=C(CC1CCN(C(=O)Nc2ccccc2F)C1)NC1CC1. The van der Waals surface area contributed by atoms with E-state index in [1.807, 2.05) is 0 Å². The molecule has 1 aromatic carbocycles. The van der Waals surface area contributed by atoms with E-state index in [9.17, 15) is 14.0 Å². The van der Waals surface area contributed by atoms with Gasteiger partial charge in [0.2, 0.25) is 5.91 Å². The van der Waals surface area contributed by atoms with Gasteiger partial charge in [0.25, 0.3) is 0 Å². The Bertz CT molecular complexity index is 574. The highest BCUT2D eigenvalue weighted by atomic mass is 19.1. The van der Waals surface area contributed by atoms with Crippen molar-refractivity contribution in [3.05, 3.63) is 30.1 Å². The van der Waals surface area contributed by atoms with Crippen molar-refractivity contribution in [1.82, 2.24) is 10.2 Å². The number of likely N-dealkylation sites (tertiary alicyclic amines) is 1. The molecule has 3 amide bonds. The first-order valence-corrected chi connectivity index (χ1v) is 7.71. The van der Waals surface area contributed by atoms with Gasteiger partial charge in [-0.15, -0.1) is 0 Å². The van der Waals surface area contributed by atoms with Crippen molar-refractivity contribution >= 4 is 17.6 Å². The molecule has 2 fully saturated rings. The molecule has 0 aromatic heterocycles. The van der Waals surface area contributed by atoms with E-state index in [1.54, 1.807) is 17.0 Å². The highest BCUT2D eigenvalue weighted by molar-refractivity contribution is 5.89. The first-order chi connectivity index (χ1) is 10.6. The molecule has 1 atom stereocenters. The Balaban J connectivity index is 1.48. The highest BCUT2D eigenvalue weighted by Crippen LogP contribution is 2.23. The fourth-order valence-electron chi connectivity index (χ4n) is 2.72. The predicted molar refractivity (Wildman–Crippen MR) is 80.9 cm³/mol. The summed E-state index contributed by atoms with van der Waals surface area (Å²) in [5.41, 5.74) is 0.183. The fraction of sp³-hybridized carbons (Fsp3) is 0.500. The number of carbonyl (C=O) groups excluding carboxylic acids is 2. The van der Waals surface area contributed by atoms with Crippen LogP contribution in [-0.2, 0) is 4.79 Å². The van der Waals surface area contributed by atoms with Crippen LogP contribution in [0.5, 0.6) is 0 Å². The van der Waals surface area contributed by atoms with Crippen LogP contribution in [0.1, 0.15) is 25.7 Å². The van der Waals surface area contributed by atoms with Crippen LogP contribution in [0.2, 0.25) is 0 Å². The van der Waals surface area contributed by atoms with Crippen LogP contribution in [0.15, 0.2) is 24.3 Å². The zero-order valence-corrected chi connectivity index (χ0v) is 12.3. The van der Waals surface area contributed by atoms with E-state index in [4.69, 9.17) is 0 Å². The number of hydrogen-bond acceptors (Lipinski definition) is 2. The molecule has 0 spiro atoms. The average molecular weight is 305 g/mol. The van der Waals surface area contributed by atoms with Crippen molar-refractivity contribution in [3.8, 4) is 0 Å². The molecule has 2 N–H and O–H groups in total. The number of carbonyl (C=O) groups is 2. The van der Waals surface area contributed by atoms with Crippen molar-refractivity contribution in [2.45, 2.75) is 31.7 Å². The number of amides is 3. The molecule has 0 bridgehead atoms. The summed E-state index contributed by atoms with van der Waals surface area (Å²) >= 11 is 0. The van der Waals surface area contributed by atoms with Gasteiger partial charge >= 0.3 is 6.03 Å². The monoisotopic (exact) mass is 305 g/mol. The molecule has 1 aromatic rings. The van der Waals surface area contributed by atoms with Crippen molar-refractivity contribution < 1.29 is 14.0 Å². The normalized spacial score (nSPS) is 20.8. The standard InChI is InChI=1S/C16H20FN3O2/c17-13-3-1-2-4-14(13)19-16(22)20-8-7-11(10-20)9-15(21)18-12-5-6-12/h1-4,11-12H,5-10H2,(H,18,21)(H,19,22). The summed E-state index contributed by atoms with van der Waals surface area (Å²) in [5.74, 6) is -0.190. The minimum Gasteiger partial charge on any atom is -0.353 e. The Labute approximate surface area is 128 Å². The summed E-state index contributed by atoms with van der Waals surface area (Å²) in [6.07, 6.45) is 3.42. The second-order valence-electron chi connectivity index (χ2n) is 6.06. The average Bonchev–Trinajstić information content (AvgIpc) is 3.16. The second-order valence-corrected chi connectivity index (χ2v) is 6.06. The summed E-state index contributed by atoms with van der Waals surface area (Å²) in [5, 5.41) is 5.54. The molecule has 3 rings (SSSR count). The summed E-state index contributed by atoms with van der Waals surface area (Å²) < 4.78 is 13.5. The third-order valence-corrected chi connectivity index (χ3v) is 4.11. The zero-order chi connectivity index (χ0) is 15.5. The number of urea groups is 1. The van der Waals surface area contributed by atoms with Crippen LogP contribution in [0.25, 0.3) is 0 Å². The summed E-state index contributed by atoms with van der Waals surface area (Å²) in [6, 6.07) is 6.15. The highest BCUT2D eigenvalue weighted by Gasteiger charge is 2.30. The lowest BCUT2D eigenvalue weighted by molar-refractivity contribution is -0.122. The van der Waals surface area contributed by atoms with E-state index in [0.29, 0.717) is 25.6 Å². The maximum atomic E-state index is 13.5. The Kier molecular flexibility index (Phi) is 4.27. The Morgan fingerprint density at radius 2 is 2.00 bits per heavy atom. The van der Waals surface area contributed by atoms with E-state index in [1.165, 1.54) is 12.1 Å². The third-order valence-electron chi connectivity index (χ3n) is 4.11. The number of benzene rings is 1.